The van der Waals surface area contributed by atoms with Crippen molar-refractivity contribution in [2.45, 2.75) is 33.1 Å². The highest BCUT2D eigenvalue weighted by atomic mass is 16.1. The largest absolute Gasteiger partial charge is 0.295 e. The van der Waals surface area contributed by atoms with Crippen LogP contribution in [0, 0.1) is 0 Å². The van der Waals surface area contributed by atoms with E-state index in [1.54, 1.807) is 13.0 Å². The van der Waals surface area contributed by atoms with Crippen molar-refractivity contribution in [2.24, 2.45) is 0 Å². The average molecular weight is 150 g/mol. The van der Waals surface area contributed by atoms with E-state index in [1.165, 1.54) is 24.0 Å². The average Bonchev–Trinajstić information content (AvgIpc) is 2.72. The molecule has 0 amide bonds. The molecule has 0 aromatic carbocycles. The fourth-order valence-corrected chi connectivity index (χ4v) is 1.09. The summed E-state index contributed by atoms with van der Waals surface area (Å²) in [5.41, 5.74) is 2.89. The Morgan fingerprint density at radius 3 is 2.45 bits per heavy atom. The van der Waals surface area contributed by atoms with Gasteiger partial charge >= 0.3 is 0 Å². The first-order valence-electron chi connectivity index (χ1n) is 4.13. The molecule has 1 heteroatoms. The molecule has 60 valence electrons. The summed E-state index contributed by atoms with van der Waals surface area (Å²) >= 11 is 0. The highest BCUT2D eigenvalue weighted by Crippen LogP contribution is 2.33. The Morgan fingerprint density at radius 1 is 1.45 bits per heavy atom. The van der Waals surface area contributed by atoms with Gasteiger partial charge in [0.1, 0.15) is 0 Å². The molecule has 1 aliphatic rings. The maximum absolute atomic E-state index is 10.6. The number of hydrogen-bond acceptors (Lipinski definition) is 1. The molecule has 1 fully saturated rings. The monoisotopic (exact) mass is 150 g/mol. The van der Waals surface area contributed by atoms with Crippen molar-refractivity contribution in [1.29, 1.82) is 0 Å². The minimum atomic E-state index is 0.136. The van der Waals surface area contributed by atoms with Gasteiger partial charge in [0.05, 0.1) is 0 Å². The van der Waals surface area contributed by atoms with E-state index < -0.39 is 0 Å². The molecule has 0 heterocycles. The Balaban J connectivity index is 2.58. The van der Waals surface area contributed by atoms with E-state index in [0.717, 1.165) is 6.42 Å². The Bertz CT molecular complexity index is 215. The van der Waals surface area contributed by atoms with Crippen LogP contribution in [0.25, 0.3) is 0 Å². The molecule has 1 saturated carbocycles. The Morgan fingerprint density at radius 2 is 2.09 bits per heavy atom. The zero-order chi connectivity index (χ0) is 8.27. The van der Waals surface area contributed by atoms with E-state index in [9.17, 15) is 4.79 Å². The van der Waals surface area contributed by atoms with Crippen molar-refractivity contribution < 1.29 is 4.79 Å². The quantitative estimate of drug-likeness (QED) is 0.565. The van der Waals surface area contributed by atoms with Crippen LogP contribution in [-0.4, -0.2) is 5.78 Å². The normalized spacial score (nSPS) is 15.6. The molecular formula is C10H14O. The van der Waals surface area contributed by atoms with Gasteiger partial charge in [0.25, 0.3) is 0 Å². The van der Waals surface area contributed by atoms with E-state index in [4.69, 9.17) is 0 Å². The molecule has 0 aromatic heterocycles. The second-order valence-electron chi connectivity index (χ2n) is 2.93. The molecule has 0 spiro atoms. The van der Waals surface area contributed by atoms with Gasteiger partial charge in [0.2, 0.25) is 0 Å². The third kappa shape index (κ3) is 2.71. The Kier molecular flexibility index (Phi) is 2.64. The summed E-state index contributed by atoms with van der Waals surface area (Å²) in [5, 5.41) is 0. The number of allylic oxidation sites excluding steroid dienone is 4. The molecule has 11 heavy (non-hydrogen) atoms. The van der Waals surface area contributed by atoms with Gasteiger partial charge in [-0.2, -0.15) is 0 Å². The van der Waals surface area contributed by atoms with Crippen LogP contribution in [0.3, 0.4) is 0 Å². The lowest BCUT2D eigenvalue weighted by Crippen LogP contribution is -1.81. The number of carbonyl (C=O) groups is 1. The van der Waals surface area contributed by atoms with Gasteiger partial charge < -0.3 is 0 Å². The zero-order valence-corrected chi connectivity index (χ0v) is 7.18. The maximum Gasteiger partial charge on any atom is 0.152 e. The first-order chi connectivity index (χ1) is 5.24. The van der Waals surface area contributed by atoms with Crippen molar-refractivity contribution in [3.63, 3.8) is 0 Å². The lowest BCUT2D eigenvalue weighted by atomic mass is 10.1. The second-order valence-corrected chi connectivity index (χ2v) is 2.93. The standard InChI is InChI=1S/C10H14O/c1-3-9(10-6-7-10)5-4-8(2)11/h4-5H,3,6-7H2,1-2H3/b5-4-. The molecule has 0 unspecified atom stereocenters. The van der Waals surface area contributed by atoms with Crippen molar-refractivity contribution >= 4 is 5.78 Å². The van der Waals surface area contributed by atoms with Crippen LogP contribution in [0.5, 0.6) is 0 Å². The van der Waals surface area contributed by atoms with Crippen molar-refractivity contribution in [1.82, 2.24) is 0 Å². The van der Waals surface area contributed by atoms with Crippen LogP contribution >= 0.6 is 0 Å². The first kappa shape index (κ1) is 8.25. The maximum atomic E-state index is 10.6. The fraction of sp³-hybridized carbons (Fsp3) is 0.500. The van der Waals surface area contributed by atoms with Crippen molar-refractivity contribution in [3.8, 4) is 0 Å². The summed E-state index contributed by atoms with van der Waals surface area (Å²) in [7, 11) is 0. The Hall–Kier alpha value is -0.850. The summed E-state index contributed by atoms with van der Waals surface area (Å²) in [6, 6.07) is 0. The number of rotatable bonds is 3. The van der Waals surface area contributed by atoms with Gasteiger partial charge in [-0.3, -0.25) is 4.79 Å². The summed E-state index contributed by atoms with van der Waals surface area (Å²) in [6.07, 6.45) is 7.16. The van der Waals surface area contributed by atoms with Crippen LogP contribution in [-0.2, 0) is 4.79 Å². The van der Waals surface area contributed by atoms with Gasteiger partial charge in [-0.1, -0.05) is 18.6 Å². The molecule has 0 bridgehead atoms. The Labute approximate surface area is 67.8 Å². The molecule has 0 saturated heterocycles. The third-order valence-corrected chi connectivity index (χ3v) is 1.85. The van der Waals surface area contributed by atoms with Crippen molar-refractivity contribution in [2.75, 3.05) is 0 Å². The minimum absolute atomic E-state index is 0.136. The topological polar surface area (TPSA) is 17.1 Å². The molecule has 1 nitrogen and oxygen atoms in total. The van der Waals surface area contributed by atoms with Crippen LogP contribution in [0.15, 0.2) is 23.3 Å². The minimum Gasteiger partial charge on any atom is -0.295 e. The zero-order valence-electron chi connectivity index (χ0n) is 7.18. The molecule has 0 N–H and O–H groups in total. The summed E-state index contributed by atoms with van der Waals surface area (Å²) in [4.78, 5) is 10.6. The van der Waals surface area contributed by atoms with E-state index in [2.05, 4.69) is 6.92 Å². The van der Waals surface area contributed by atoms with Gasteiger partial charge in [-0.15, -0.1) is 0 Å². The molecule has 0 aliphatic heterocycles. The van der Waals surface area contributed by atoms with Gasteiger partial charge in [-0.25, -0.2) is 0 Å². The highest BCUT2D eigenvalue weighted by molar-refractivity contribution is 5.87. The summed E-state index contributed by atoms with van der Waals surface area (Å²) in [6.45, 7) is 3.71. The van der Waals surface area contributed by atoms with E-state index in [-0.39, 0.29) is 5.78 Å². The number of ketones is 1. The number of carbonyl (C=O) groups excluding carboxylic acids is 1. The predicted octanol–water partition coefficient (Wildman–Crippen LogP) is 2.63. The van der Waals surface area contributed by atoms with Crippen LogP contribution in [0.1, 0.15) is 33.1 Å². The van der Waals surface area contributed by atoms with Gasteiger partial charge in [0.15, 0.2) is 5.78 Å². The molecule has 0 radical (unpaired) electrons. The van der Waals surface area contributed by atoms with Gasteiger partial charge in [0, 0.05) is 0 Å². The summed E-state index contributed by atoms with van der Waals surface area (Å²) < 4.78 is 0. The van der Waals surface area contributed by atoms with Crippen molar-refractivity contribution in [3.05, 3.63) is 23.3 Å². The molecular weight excluding hydrogens is 136 g/mol. The first-order valence-corrected chi connectivity index (χ1v) is 4.13. The molecule has 0 aromatic rings. The SMILES string of the molecule is CCC(/C=C\C(C)=O)=C1CC1. The number of hydrogen-bond donors (Lipinski definition) is 0. The molecule has 0 atom stereocenters. The second kappa shape index (κ2) is 3.51. The van der Waals surface area contributed by atoms with E-state index in [1.807, 2.05) is 6.08 Å². The molecule has 1 rings (SSSR count). The van der Waals surface area contributed by atoms with Gasteiger partial charge in [-0.05, 0) is 37.8 Å². The fourth-order valence-electron chi connectivity index (χ4n) is 1.09. The van der Waals surface area contributed by atoms with E-state index >= 15 is 0 Å². The van der Waals surface area contributed by atoms with Crippen LogP contribution in [0.2, 0.25) is 0 Å². The smallest absolute Gasteiger partial charge is 0.152 e. The highest BCUT2D eigenvalue weighted by Gasteiger charge is 2.14. The van der Waals surface area contributed by atoms with Crippen LogP contribution < -0.4 is 0 Å². The lowest BCUT2D eigenvalue weighted by Gasteiger charge is -1.92. The van der Waals surface area contributed by atoms with Crippen LogP contribution in [0.4, 0.5) is 0 Å². The van der Waals surface area contributed by atoms with E-state index in [0.29, 0.717) is 0 Å². The third-order valence-electron chi connectivity index (χ3n) is 1.85. The molecule has 1 aliphatic carbocycles. The summed E-state index contributed by atoms with van der Waals surface area (Å²) in [5.74, 6) is 0.136. The predicted molar refractivity (Wildman–Crippen MR) is 46.4 cm³/mol. The lowest BCUT2D eigenvalue weighted by molar-refractivity contribution is -0.112.